The minimum absolute atomic E-state index is 0. The molecular formula is C49H42IrN4O2Si-2. The number of rotatable bonds is 4. The van der Waals surface area contributed by atoms with Crippen LogP contribution in [0.5, 0.6) is 0 Å². The number of hydrogen-bond donors (Lipinski definition) is 0. The van der Waals surface area contributed by atoms with Crippen molar-refractivity contribution in [3.8, 4) is 28.3 Å². The Morgan fingerprint density at radius 3 is 2.30 bits per heavy atom. The number of aromatic nitrogens is 4. The Kier molecular flexibility index (Phi) is 8.91. The van der Waals surface area contributed by atoms with E-state index >= 15 is 0 Å². The van der Waals surface area contributed by atoms with Crippen molar-refractivity contribution in [2.75, 3.05) is 0 Å². The first kappa shape index (κ1) is 34.6. The molecule has 0 atom stereocenters. The molecule has 10 rings (SSSR count). The molecule has 0 saturated carbocycles. The summed E-state index contributed by atoms with van der Waals surface area (Å²) < 4.78 is 36.9. The van der Waals surface area contributed by atoms with E-state index < -0.39 is 14.9 Å². The van der Waals surface area contributed by atoms with Gasteiger partial charge < -0.3 is 18.4 Å². The Hall–Kier alpha value is -5.66. The Bertz CT molecular complexity index is 3120. The van der Waals surface area contributed by atoms with Crippen LogP contribution in [0.3, 0.4) is 0 Å². The molecule has 57 heavy (non-hydrogen) atoms. The van der Waals surface area contributed by atoms with Gasteiger partial charge in [0.1, 0.15) is 11.2 Å². The number of imidazole rings is 1. The average Bonchev–Trinajstić information content (AvgIpc) is 3.91. The van der Waals surface area contributed by atoms with Crippen LogP contribution in [0.2, 0.25) is 19.6 Å². The van der Waals surface area contributed by atoms with E-state index in [1.165, 1.54) is 16.8 Å². The second-order valence-electron chi connectivity index (χ2n) is 16.2. The SMILES string of the molecule is CC(C)(C)c1ccc2c(c1)oc1cc(-n3c(-c4[c-]ccc5c4oc4ncccc45)nc4ccccc43)ccc12.[2H]C([2H])([2H])c1c[c-]c(-c2ccc([Si](C)(C)C)cn2)cc1.[Ir]. The van der Waals surface area contributed by atoms with Gasteiger partial charge in [0.05, 0.1) is 30.5 Å². The molecule has 0 bridgehead atoms. The molecule has 0 aliphatic heterocycles. The van der Waals surface area contributed by atoms with Crippen LogP contribution < -0.4 is 5.19 Å². The Labute approximate surface area is 351 Å². The van der Waals surface area contributed by atoms with Crippen LogP contribution in [-0.4, -0.2) is 27.6 Å². The number of aryl methyl sites for hydroxylation is 1. The molecule has 6 nitrogen and oxygen atoms in total. The number of para-hydroxylation sites is 2. The molecule has 0 spiro atoms. The first-order valence-corrected chi connectivity index (χ1v) is 22.3. The largest absolute Gasteiger partial charge is 0.486 e. The molecule has 0 aliphatic carbocycles. The molecule has 0 aliphatic rings. The number of fused-ring (bicyclic) bond motifs is 7. The van der Waals surface area contributed by atoms with Gasteiger partial charge in [0.2, 0.25) is 5.71 Å². The van der Waals surface area contributed by atoms with Crippen LogP contribution in [0, 0.1) is 19.0 Å². The van der Waals surface area contributed by atoms with Gasteiger partial charge in [-0.25, -0.2) is 4.98 Å². The quantitative estimate of drug-likeness (QED) is 0.130. The standard InChI is InChI=1S/C34H24N3O2.C15H18NSi.Ir/c1-34(2,3)20-13-15-22-23-16-14-21(19-30(23)38-29(22)18-20)37-28-12-5-4-11-27(28)36-32(37)26-9-6-8-24-25-10-7-17-35-33(25)39-31(24)26;1-12-5-7-13(8-6-12)15-10-9-14(11-16-15)17(2,3)4;/h4-8,10-19H,1-3H3;5-7,9-11H,1-4H3;/q2*-1;/i;1D3;. The minimum atomic E-state index is -2.08. The fourth-order valence-corrected chi connectivity index (χ4v) is 8.18. The zero-order valence-electron chi connectivity index (χ0n) is 35.6. The van der Waals surface area contributed by atoms with Crippen molar-refractivity contribution in [2.24, 2.45) is 0 Å². The monoisotopic (exact) mass is 942 g/mol. The maximum absolute atomic E-state index is 7.35. The van der Waals surface area contributed by atoms with Gasteiger partial charge in [-0.15, -0.1) is 53.6 Å². The van der Waals surface area contributed by atoms with E-state index in [9.17, 15) is 0 Å². The molecule has 5 aromatic carbocycles. The average molecular weight is 942 g/mol. The number of hydrogen-bond acceptors (Lipinski definition) is 5. The fraction of sp³-hybridized carbons (Fsp3) is 0.163. The Morgan fingerprint density at radius 1 is 0.754 bits per heavy atom. The van der Waals surface area contributed by atoms with Crippen LogP contribution in [-0.2, 0) is 25.5 Å². The van der Waals surface area contributed by atoms with Gasteiger partial charge in [0.25, 0.3) is 0 Å². The van der Waals surface area contributed by atoms with Crippen molar-refractivity contribution in [3.63, 3.8) is 0 Å². The minimum Gasteiger partial charge on any atom is -0.486 e. The second-order valence-corrected chi connectivity index (χ2v) is 21.3. The molecule has 8 heteroatoms. The molecule has 0 amide bonds. The summed E-state index contributed by atoms with van der Waals surface area (Å²) in [7, 11) is -1.34. The van der Waals surface area contributed by atoms with Crippen molar-refractivity contribution < 1.29 is 33.1 Å². The number of benzene rings is 5. The third-order valence-corrected chi connectivity index (χ3v) is 12.3. The molecule has 1 radical (unpaired) electrons. The summed E-state index contributed by atoms with van der Waals surface area (Å²) in [5.74, 6) is 0.756. The smallest absolute Gasteiger partial charge is 0.216 e. The maximum atomic E-state index is 7.35. The molecule has 10 aromatic rings. The van der Waals surface area contributed by atoms with Crippen LogP contribution in [0.25, 0.3) is 83.4 Å². The predicted molar refractivity (Wildman–Crippen MR) is 233 cm³/mol. The van der Waals surface area contributed by atoms with E-state index in [4.69, 9.17) is 17.9 Å². The van der Waals surface area contributed by atoms with Crippen LogP contribution >= 0.6 is 0 Å². The summed E-state index contributed by atoms with van der Waals surface area (Å²) in [4.78, 5) is 14.0. The summed E-state index contributed by atoms with van der Waals surface area (Å²) in [6.45, 7) is 11.4. The zero-order chi connectivity index (χ0) is 41.3. The first-order valence-electron chi connectivity index (χ1n) is 20.3. The van der Waals surface area contributed by atoms with Crippen LogP contribution in [0.15, 0.2) is 136 Å². The molecule has 0 N–H and O–H groups in total. The predicted octanol–water partition coefficient (Wildman–Crippen LogP) is 12.4. The molecule has 0 fully saturated rings. The van der Waals surface area contributed by atoms with Gasteiger partial charge in [0, 0.05) is 64.5 Å². The van der Waals surface area contributed by atoms with Crippen molar-refractivity contribution in [1.82, 2.24) is 19.5 Å². The van der Waals surface area contributed by atoms with Crippen molar-refractivity contribution in [2.45, 2.75) is 52.7 Å². The third-order valence-electron chi connectivity index (χ3n) is 10.3. The van der Waals surface area contributed by atoms with E-state index in [-0.39, 0.29) is 25.5 Å². The Morgan fingerprint density at radius 2 is 1.56 bits per heavy atom. The zero-order valence-corrected chi connectivity index (χ0v) is 36.0. The van der Waals surface area contributed by atoms with E-state index in [1.807, 2.05) is 54.7 Å². The van der Waals surface area contributed by atoms with Gasteiger partial charge >= 0.3 is 0 Å². The van der Waals surface area contributed by atoms with E-state index in [2.05, 4.69) is 116 Å². The third kappa shape index (κ3) is 7.14. The van der Waals surface area contributed by atoms with E-state index in [0.29, 0.717) is 11.3 Å². The number of nitrogens with zero attached hydrogens (tertiary/aromatic N) is 4. The van der Waals surface area contributed by atoms with Crippen molar-refractivity contribution in [1.29, 1.82) is 0 Å². The van der Waals surface area contributed by atoms with Gasteiger partial charge in [-0.1, -0.05) is 94.6 Å². The normalized spacial score (nSPS) is 13.0. The number of furan rings is 2. The first-order chi connectivity index (χ1) is 28.1. The molecule has 5 heterocycles. The second kappa shape index (κ2) is 14.7. The van der Waals surface area contributed by atoms with Crippen LogP contribution in [0.1, 0.15) is 36.0 Å². The van der Waals surface area contributed by atoms with E-state index in [0.717, 1.165) is 77.7 Å². The van der Waals surface area contributed by atoms with Gasteiger partial charge in [-0.2, -0.15) is 0 Å². The van der Waals surface area contributed by atoms with Crippen molar-refractivity contribution >= 4 is 68.3 Å². The summed E-state index contributed by atoms with van der Waals surface area (Å²) in [5.41, 5.74) is 9.96. The van der Waals surface area contributed by atoms with Crippen LogP contribution in [0.4, 0.5) is 0 Å². The summed E-state index contributed by atoms with van der Waals surface area (Å²) in [6, 6.07) is 44.4. The summed E-state index contributed by atoms with van der Waals surface area (Å²) in [6.07, 6.45) is 3.67. The van der Waals surface area contributed by atoms with Gasteiger partial charge in [0.15, 0.2) is 0 Å². The van der Waals surface area contributed by atoms with Crippen molar-refractivity contribution in [3.05, 3.63) is 151 Å². The summed E-state index contributed by atoms with van der Waals surface area (Å²) >= 11 is 0. The van der Waals surface area contributed by atoms with Gasteiger partial charge in [-0.05, 0) is 64.3 Å². The molecule has 0 unspecified atom stereocenters. The van der Waals surface area contributed by atoms with E-state index in [1.54, 1.807) is 18.3 Å². The fourth-order valence-electron chi connectivity index (χ4n) is 7.15. The topological polar surface area (TPSA) is 69.9 Å². The molecular weight excluding hydrogens is 897 g/mol. The molecule has 0 saturated heterocycles. The molecule has 5 aromatic heterocycles. The summed E-state index contributed by atoms with van der Waals surface area (Å²) in [5, 5.41) is 5.49. The number of pyridine rings is 2. The maximum Gasteiger partial charge on any atom is 0.216 e. The van der Waals surface area contributed by atoms with Gasteiger partial charge in [-0.3, -0.25) is 4.98 Å². The Balaban J connectivity index is 0.000000202. The molecule has 285 valence electrons.